The molecular weight excluding hydrogens is 430 g/mol. The maximum absolute atomic E-state index is 13.0. The van der Waals surface area contributed by atoms with Crippen molar-refractivity contribution in [2.24, 2.45) is 0 Å². The summed E-state index contributed by atoms with van der Waals surface area (Å²) in [5.41, 5.74) is -1.16. The number of nitrogens with one attached hydrogen (secondary N) is 1. The number of hydrogen-bond donors (Lipinski definition) is 2. The average Bonchev–Trinajstić information content (AvgIpc) is 2.97. The van der Waals surface area contributed by atoms with E-state index in [1.165, 1.54) is 17.0 Å². The summed E-state index contributed by atoms with van der Waals surface area (Å²) in [6.45, 7) is 5.90. The zero-order valence-electron chi connectivity index (χ0n) is 18.8. The molecule has 5 amide bonds. The molecule has 0 aromatic heterocycles. The molecule has 2 N–H and O–H groups in total. The number of fused-ring (bicyclic) bond motifs is 1. The van der Waals surface area contributed by atoms with Crippen LogP contribution in [0.25, 0.3) is 0 Å². The highest BCUT2D eigenvalue weighted by atomic mass is 16.6. The number of amides is 5. The molecule has 2 saturated heterocycles. The third-order valence-corrected chi connectivity index (χ3v) is 6.22. The van der Waals surface area contributed by atoms with Gasteiger partial charge in [0.15, 0.2) is 0 Å². The summed E-state index contributed by atoms with van der Waals surface area (Å²) in [5.74, 6) is -2.33. The highest BCUT2D eigenvalue weighted by molar-refractivity contribution is 6.23. The van der Waals surface area contributed by atoms with Crippen molar-refractivity contribution in [3.8, 4) is 0 Å². The van der Waals surface area contributed by atoms with Gasteiger partial charge in [-0.3, -0.25) is 29.4 Å². The molecular formula is C23H27N3O7. The van der Waals surface area contributed by atoms with Crippen molar-refractivity contribution >= 4 is 29.7 Å². The summed E-state index contributed by atoms with van der Waals surface area (Å²) in [6.07, 6.45) is 0.156. The molecule has 33 heavy (non-hydrogen) atoms. The molecule has 4 rings (SSSR count). The van der Waals surface area contributed by atoms with E-state index in [2.05, 4.69) is 5.32 Å². The molecule has 1 unspecified atom stereocenters. The molecule has 2 fully saturated rings. The van der Waals surface area contributed by atoms with Crippen molar-refractivity contribution in [3.63, 3.8) is 0 Å². The predicted molar refractivity (Wildman–Crippen MR) is 114 cm³/mol. The van der Waals surface area contributed by atoms with Gasteiger partial charge in [-0.1, -0.05) is 6.07 Å². The van der Waals surface area contributed by atoms with E-state index in [9.17, 15) is 29.1 Å². The van der Waals surface area contributed by atoms with Gasteiger partial charge in [-0.05, 0) is 57.7 Å². The van der Waals surface area contributed by atoms with Crippen LogP contribution in [0.3, 0.4) is 0 Å². The van der Waals surface area contributed by atoms with Crippen LogP contribution in [0.1, 0.15) is 72.7 Å². The van der Waals surface area contributed by atoms with Crippen LogP contribution in [0, 0.1) is 0 Å². The third-order valence-electron chi connectivity index (χ3n) is 6.22. The van der Waals surface area contributed by atoms with Crippen LogP contribution in [0.2, 0.25) is 0 Å². The topological polar surface area (TPSA) is 133 Å². The molecule has 1 aromatic carbocycles. The maximum atomic E-state index is 13.0. The largest absolute Gasteiger partial charge is 0.444 e. The Bertz CT molecular complexity index is 1050. The molecule has 0 aliphatic carbocycles. The molecule has 3 heterocycles. The van der Waals surface area contributed by atoms with E-state index in [0.29, 0.717) is 5.56 Å². The average molecular weight is 457 g/mol. The summed E-state index contributed by atoms with van der Waals surface area (Å²) in [5, 5.41) is 13.4. The Morgan fingerprint density at radius 1 is 1.09 bits per heavy atom. The lowest BCUT2D eigenvalue weighted by atomic mass is 9.83. The first-order chi connectivity index (χ1) is 15.4. The fourth-order valence-electron chi connectivity index (χ4n) is 4.43. The first kappa shape index (κ1) is 22.9. The van der Waals surface area contributed by atoms with Crippen LogP contribution in [-0.2, 0) is 19.9 Å². The summed E-state index contributed by atoms with van der Waals surface area (Å²) in [4.78, 5) is 64.3. The first-order valence-corrected chi connectivity index (χ1v) is 11.0. The van der Waals surface area contributed by atoms with Gasteiger partial charge in [0.2, 0.25) is 11.8 Å². The van der Waals surface area contributed by atoms with E-state index in [1.807, 2.05) is 0 Å². The van der Waals surface area contributed by atoms with Crippen LogP contribution in [0.4, 0.5) is 4.79 Å². The number of aliphatic hydroxyl groups is 1. The molecule has 0 radical (unpaired) electrons. The number of benzene rings is 1. The normalized spacial score (nSPS) is 22.8. The number of ether oxygens (including phenoxy) is 1. The van der Waals surface area contributed by atoms with Crippen molar-refractivity contribution < 1.29 is 33.8 Å². The second-order valence-corrected chi connectivity index (χ2v) is 9.71. The van der Waals surface area contributed by atoms with Gasteiger partial charge in [-0.15, -0.1) is 0 Å². The molecule has 10 nitrogen and oxygen atoms in total. The fraction of sp³-hybridized carbons (Fsp3) is 0.522. The van der Waals surface area contributed by atoms with Crippen molar-refractivity contribution in [1.82, 2.24) is 15.1 Å². The van der Waals surface area contributed by atoms with E-state index < -0.39 is 47.0 Å². The Labute approximate surface area is 190 Å². The predicted octanol–water partition coefficient (Wildman–Crippen LogP) is 1.31. The lowest BCUT2D eigenvalue weighted by Crippen LogP contribution is -2.54. The highest BCUT2D eigenvalue weighted by Gasteiger charge is 2.46. The lowest BCUT2D eigenvalue weighted by molar-refractivity contribution is -0.136. The van der Waals surface area contributed by atoms with E-state index in [0.717, 1.165) is 4.90 Å². The molecule has 0 saturated carbocycles. The van der Waals surface area contributed by atoms with E-state index in [4.69, 9.17) is 4.74 Å². The molecule has 3 aliphatic heterocycles. The first-order valence-electron chi connectivity index (χ1n) is 11.0. The molecule has 1 atom stereocenters. The van der Waals surface area contributed by atoms with Crippen molar-refractivity contribution in [1.29, 1.82) is 0 Å². The van der Waals surface area contributed by atoms with Gasteiger partial charge in [-0.25, -0.2) is 4.79 Å². The zero-order valence-corrected chi connectivity index (χ0v) is 18.8. The van der Waals surface area contributed by atoms with Crippen LogP contribution >= 0.6 is 0 Å². The third kappa shape index (κ3) is 4.22. The number of carbonyl (C=O) groups excluding carboxylic acids is 5. The Kier molecular flexibility index (Phi) is 5.52. The molecule has 0 bridgehead atoms. The van der Waals surface area contributed by atoms with Gasteiger partial charge in [0, 0.05) is 19.5 Å². The lowest BCUT2D eigenvalue weighted by Gasteiger charge is -2.39. The van der Waals surface area contributed by atoms with Crippen LogP contribution in [0.5, 0.6) is 0 Å². The van der Waals surface area contributed by atoms with Gasteiger partial charge in [-0.2, -0.15) is 0 Å². The minimum absolute atomic E-state index is 0.0446. The van der Waals surface area contributed by atoms with Gasteiger partial charge in [0.1, 0.15) is 11.6 Å². The maximum Gasteiger partial charge on any atom is 0.410 e. The summed E-state index contributed by atoms with van der Waals surface area (Å²) in [6, 6.07) is 3.53. The summed E-state index contributed by atoms with van der Waals surface area (Å²) in [7, 11) is 0. The Hall–Kier alpha value is -3.27. The van der Waals surface area contributed by atoms with Crippen LogP contribution < -0.4 is 5.32 Å². The molecule has 10 heteroatoms. The van der Waals surface area contributed by atoms with Crippen molar-refractivity contribution in [3.05, 3.63) is 34.9 Å². The second-order valence-electron chi connectivity index (χ2n) is 9.71. The number of piperidine rings is 2. The summed E-state index contributed by atoms with van der Waals surface area (Å²) < 4.78 is 5.39. The quantitative estimate of drug-likeness (QED) is 0.640. The number of nitrogens with zero attached hydrogens (tertiary/aromatic N) is 2. The zero-order chi connectivity index (χ0) is 24.1. The SMILES string of the molecule is CC(C)(C)OC(=O)N1CCC(O)(c2ccc3c(c2)C(=O)N(C2CCC(=O)NC2=O)C3=O)CC1. The Morgan fingerprint density at radius 3 is 2.33 bits per heavy atom. The van der Waals surface area contributed by atoms with E-state index in [1.54, 1.807) is 26.8 Å². The molecule has 0 spiro atoms. The van der Waals surface area contributed by atoms with Crippen LogP contribution in [-0.4, -0.2) is 69.4 Å². The van der Waals surface area contributed by atoms with Gasteiger partial charge >= 0.3 is 6.09 Å². The monoisotopic (exact) mass is 457 g/mol. The minimum atomic E-state index is -1.28. The number of rotatable bonds is 2. The minimum Gasteiger partial charge on any atom is -0.444 e. The van der Waals surface area contributed by atoms with E-state index >= 15 is 0 Å². The number of carbonyl (C=O) groups is 5. The number of imide groups is 2. The highest BCUT2D eigenvalue weighted by Crippen LogP contribution is 2.36. The molecule has 3 aliphatic rings. The van der Waals surface area contributed by atoms with Crippen molar-refractivity contribution in [2.75, 3.05) is 13.1 Å². The fourth-order valence-corrected chi connectivity index (χ4v) is 4.43. The molecule has 176 valence electrons. The second kappa shape index (κ2) is 7.95. The van der Waals surface area contributed by atoms with E-state index in [-0.39, 0.29) is 49.9 Å². The van der Waals surface area contributed by atoms with Crippen LogP contribution in [0.15, 0.2) is 18.2 Å². The molecule has 1 aromatic rings. The van der Waals surface area contributed by atoms with Gasteiger partial charge < -0.3 is 14.7 Å². The smallest absolute Gasteiger partial charge is 0.410 e. The summed E-state index contributed by atoms with van der Waals surface area (Å²) >= 11 is 0. The number of likely N-dealkylation sites (tertiary alicyclic amines) is 1. The van der Waals surface area contributed by atoms with Gasteiger partial charge in [0.05, 0.1) is 16.7 Å². The van der Waals surface area contributed by atoms with Crippen molar-refractivity contribution in [2.45, 2.75) is 63.7 Å². The van der Waals surface area contributed by atoms with Gasteiger partial charge in [0.25, 0.3) is 11.8 Å². The Morgan fingerprint density at radius 2 is 1.73 bits per heavy atom. The Balaban J connectivity index is 1.51. The number of hydrogen-bond acceptors (Lipinski definition) is 7. The standard InChI is InChI=1S/C23H27N3O7/c1-22(2,3)33-21(31)25-10-8-23(32,9-11-25)13-4-5-14-15(12-13)20(30)26(19(14)29)16-6-7-17(27)24-18(16)28/h4-5,12,16,32H,6-11H2,1-3H3,(H,24,27,28).